The molecule has 0 radical (unpaired) electrons. The lowest BCUT2D eigenvalue weighted by molar-refractivity contribution is -0.161. The van der Waals surface area contributed by atoms with Crippen molar-refractivity contribution in [3.63, 3.8) is 0 Å². The minimum atomic E-state index is -4.95. The maximum atomic E-state index is 13.0. The first kappa shape index (κ1) is 90.1. The van der Waals surface area contributed by atoms with Crippen molar-refractivity contribution in [3.8, 4) is 0 Å². The van der Waals surface area contributed by atoms with Crippen LogP contribution in [-0.4, -0.2) is 96.7 Å². The zero-order valence-electron chi connectivity index (χ0n) is 60.2. The molecule has 3 N–H and O–H groups in total. The maximum Gasteiger partial charge on any atom is 0.472 e. The Kier molecular flexibility index (Phi) is 61.3. The van der Waals surface area contributed by atoms with Gasteiger partial charge in [-0.1, -0.05) is 312 Å². The summed E-state index contributed by atoms with van der Waals surface area (Å²) in [7, 11) is -9.90. The van der Waals surface area contributed by atoms with E-state index in [-0.39, 0.29) is 25.7 Å². The molecule has 0 aliphatic rings. The van der Waals surface area contributed by atoms with Crippen LogP contribution in [0.15, 0.2) is 0 Å². The van der Waals surface area contributed by atoms with E-state index in [9.17, 15) is 43.2 Å². The van der Waals surface area contributed by atoms with E-state index in [0.29, 0.717) is 37.5 Å². The van der Waals surface area contributed by atoms with Gasteiger partial charge < -0.3 is 33.8 Å². The number of unbranched alkanes of at least 4 members (excludes halogenated alkanes) is 35. The van der Waals surface area contributed by atoms with Gasteiger partial charge in [0.1, 0.15) is 19.3 Å². The molecular formula is C73H142O17P2. The van der Waals surface area contributed by atoms with E-state index >= 15 is 0 Å². The molecule has 0 saturated heterocycles. The number of aliphatic hydroxyl groups is 1. The molecule has 0 saturated carbocycles. The van der Waals surface area contributed by atoms with Crippen LogP contribution < -0.4 is 0 Å². The number of carbonyl (C=O) groups excluding carboxylic acids is 4. The predicted molar refractivity (Wildman–Crippen MR) is 372 cm³/mol. The Morgan fingerprint density at radius 2 is 0.522 bits per heavy atom. The van der Waals surface area contributed by atoms with Crippen molar-refractivity contribution in [2.45, 2.75) is 382 Å². The quantitative estimate of drug-likeness (QED) is 0.0222. The molecule has 6 atom stereocenters. The maximum absolute atomic E-state index is 13.0. The fraction of sp³-hybridized carbons (Fsp3) is 0.945. The van der Waals surface area contributed by atoms with Gasteiger partial charge in [-0.2, -0.15) is 0 Å². The van der Waals surface area contributed by atoms with Crippen molar-refractivity contribution >= 4 is 39.5 Å². The molecule has 92 heavy (non-hydrogen) atoms. The summed E-state index contributed by atoms with van der Waals surface area (Å²) in [5, 5.41) is 10.6. The lowest BCUT2D eigenvalue weighted by Crippen LogP contribution is -2.30. The smallest absolute Gasteiger partial charge is 0.462 e. The average Bonchev–Trinajstić information content (AvgIpc) is 3.28. The number of aliphatic hydroxyl groups excluding tert-OH is 1. The molecule has 0 amide bonds. The Morgan fingerprint density at radius 1 is 0.304 bits per heavy atom. The number of hydrogen-bond donors (Lipinski definition) is 3. The van der Waals surface area contributed by atoms with Gasteiger partial charge in [-0.05, 0) is 49.4 Å². The van der Waals surface area contributed by atoms with E-state index < -0.39 is 97.5 Å². The minimum absolute atomic E-state index is 0.101. The number of ether oxygens (including phenoxy) is 4. The van der Waals surface area contributed by atoms with E-state index in [1.807, 2.05) is 0 Å². The van der Waals surface area contributed by atoms with Gasteiger partial charge >= 0.3 is 39.5 Å². The predicted octanol–water partition coefficient (Wildman–Crippen LogP) is 20.9. The molecular weight excluding hydrogens is 1210 g/mol. The number of phosphoric ester groups is 2. The first-order valence-corrected chi connectivity index (χ1v) is 40.7. The zero-order valence-corrected chi connectivity index (χ0v) is 62.0. The molecule has 0 fully saturated rings. The molecule has 0 rings (SSSR count). The van der Waals surface area contributed by atoms with Crippen LogP contribution in [0.1, 0.15) is 364 Å². The molecule has 0 bridgehead atoms. The summed E-state index contributed by atoms with van der Waals surface area (Å²) in [5.41, 5.74) is 0. The summed E-state index contributed by atoms with van der Waals surface area (Å²) in [6, 6.07) is 0. The van der Waals surface area contributed by atoms with Gasteiger partial charge in [0.05, 0.1) is 26.4 Å². The van der Waals surface area contributed by atoms with Gasteiger partial charge in [0.15, 0.2) is 12.2 Å². The molecule has 0 aromatic heterocycles. The highest BCUT2D eigenvalue weighted by Gasteiger charge is 2.30. The molecule has 0 aromatic rings. The molecule has 0 heterocycles. The topological polar surface area (TPSA) is 237 Å². The summed E-state index contributed by atoms with van der Waals surface area (Å²) in [6.07, 6.45) is 46.3. The fourth-order valence-corrected chi connectivity index (χ4v) is 12.6. The van der Waals surface area contributed by atoms with Gasteiger partial charge in [-0.25, -0.2) is 9.13 Å². The van der Waals surface area contributed by atoms with Crippen molar-refractivity contribution in [3.05, 3.63) is 0 Å². The van der Waals surface area contributed by atoms with Crippen LogP contribution in [0.4, 0.5) is 0 Å². The normalized spacial score (nSPS) is 14.5. The van der Waals surface area contributed by atoms with E-state index in [2.05, 4.69) is 55.4 Å². The summed E-state index contributed by atoms with van der Waals surface area (Å²) < 4.78 is 68.2. The van der Waals surface area contributed by atoms with Crippen LogP contribution >= 0.6 is 15.6 Å². The molecule has 17 nitrogen and oxygen atoms in total. The van der Waals surface area contributed by atoms with Gasteiger partial charge in [0, 0.05) is 25.7 Å². The number of rotatable bonds is 70. The van der Waals surface area contributed by atoms with E-state index in [4.69, 9.17) is 37.0 Å². The molecule has 0 aliphatic heterocycles. The highest BCUT2D eigenvalue weighted by molar-refractivity contribution is 7.47. The average molecular weight is 1350 g/mol. The van der Waals surface area contributed by atoms with Crippen molar-refractivity contribution < 1.29 is 80.2 Å². The Bertz CT molecular complexity index is 1820. The van der Waals surface area contributed by atoms with Gasteiger partial charge in [0.25, 0.3) is 0 Å². The third kappa shape index (κ3) is 65.4. The monoisotopic (exact) mass is 1350 g/mol. The van der Waals surface area contributed by atoms with E-state index in [1.54, 1.807) is 0 Å². The van der Waals surface area contributed by atoms with Crippen molar-refractivity contribution in [1.29, 1.82) is 0 Å². The van der Waals surface area contributed by atoms with Crippen LogP contribution in [0, 0.1) is 23.7 Å². The minimum Gasteiger partial charge on any atom is -0.462 e. The second-order valence-corrected chi connectivity index (χ2v) is 30.9. The molecule has 4 unspecified atom stereocenters. The Hall–Kier alpha value is -1.94. The highest BCUT2D eigenvalue weighted by Crippen LogP contribution is 2.45. The third-order valence-corrected chi connectivity index (χ3v) is 19.1. The first-order chi connectivity index (χ1) is 44.1. The third-order valence-electron chi connectivity index (χ3n) is 17.2. The number of carbonyl (C=O) groups is 4. The highest BCUT2D eigenvalue weighted by atomic mass is 31.2. The van der Waals surface area contributed by atoms with Crippen LogP contribution in [0.2, 0.25) is 0 Å². The summed E-state index contributed by atoms with van der Waals surface area (Å²) in [6.45, 7) is 14.0. The van der Waals surface area contributed by atoms with Crippen molar-refractivity contribution in [2.75, 3.05) is 39.6 Å². The lowest BCUT2D eigenvalue weighted by Gasteiger charge is -2.21. The fourth-order valence-electron chi connectivity index (χ4n) is 11.0. The largest absolute Gasteiger partial charge is 0.472 e. The van der Waals surface area contributed by atoms with E-state index in [0.717, 1.165) is 102 Å². The first-order valence-electron chi connectivity index (χ1n) is 37.7. The molecule has 546 valence electrons. The standard InChI is InChI=1S/C73H142O17P2/c1-9-66(8)52-44-36-27-20-18-16-14-12-10-11-13-15-17-19-21-28-37-45-53-70(75)83-59-68(89-72(77)55-47-39-30-24-26-34-42-50-64(4)5)61-87-91(79,80)85-57-67(74)58-86-92(81,82)88-62-69(90-73(78)56-48-40-32-31-35-43-51-65(6)7)60-84-71(76)54-46-38-29-23-22-25-33-41-49-63(2)3/h63-69,74H,9-62H2,1-8H3,(H,79,80)(H,81,82)/t66?,67?,68-,69-/m1/s1. The van der Waals surface area contributed by atoms with Crippen molar-refractivity contribution in [2.24, 2.45) is 23.7 Å². The Morgan fingerprint density at radius 3 is 0.772 bits per heavy atom. The summed E-state index contributed by atoms with van der Waals surface area (Å²) in [4.78, 5) is 72.5. The van der Waals surface area contributed by atoms with Gasteiger partial charge in [0.2, 0.25) is 0 Å². The van der Waals surface area contributed by atoms with Gasteiger partial charge in [-0.15, -0.1) is 0 Å². The molecule has 0 aliphatic carbocycles. The van der Waals surface area contributed by atoms with Crippen LogP contribution in [0.5, 0.6) is 0 Å². The van der Waals surface area contributed by atoms with Crippen LogP contribution in [-0.2, 0) is 65.4 Å². The SMILES string of the molecule is CCC(C)CCCCCCCCCCCCCCCCCCCCC(=O)OC[C@H](COP(=O)(O)OCC(O)COP(=O)(O)OC[C@@H](COC(=O)CCCCCCCCCCC(C)C)OC(=O)CCCCCCCCC(C)C)OC(=O)CCCCCCCCCC(C)C. The molecule has 0 spiro atoms. The zero-order chi connectivity index (χ0) is 68.2. The Balaban J connectivity index is 5.10. The molecule has 0 aromatic carbocycles. The number of esters is 4. The second kappa shape index (κ2) is 62.6. The summed E-state index contributed by atoms with van der Waals surface area (Å²) in [5.74, 6) is 0.831. The van der Waals surface area contributed by atoms with Crippen LogP contribution in [0.25, 0.3) is 0 Å². The van der Waals surface area contributed by atoms with Gasteiger partial charge in [-0.3, -0.25) is 37.3 Å². The Labute approximate surface area is 562 Å². The van der Waals surface area contributed by atoms with Crippen molar-refractivity contribution in [1.82, 2.24) is 0 Å². The lowest BCUT2D eigenvalue weighted by atomic mass is 9.99. The van der Waals surface area contributed by atoms with E-state index in [1.165, 1.54) is 167 Å². The molecule has 19 heteroatoms. The number of phosphoric acid groups is 2. The van der Waals surface area contributed by atoms with Crippen LogP contribution in [0.3, 0.4) is 0 Å². The second-order valence-electron chi connectivity index (χ2n) is 28.0. The number of hydrogen-bond acceptors (Lipinski definition) is 15. The summed E-state index contributed by atoms with van der Waals surface area (Å²) >= 11 is 0.